The number of nitrogens with zero attached hydrogens (tertiary/aromatic N) is 2. The van der Waals surface area contributed by atoms with E-state index in [9.17, 15) is 0 Å². The zero-order valence-electron chi connectivity index (χ0n) is 11.3. The molecule has 0 fully saturated rings. The van der Waals surface area contributed by atoms with Crippen molar-refractivity contribution in [3.05, 3.63) is 11.2 Å². The van der Waals surface area contributed by atoms with E-state index >= 15 is 0 Å². The molecule has 0 aliphatic heterocycles. The molecule has 1 heterocycles. The van der Waals surface area contributed by atoms with Crippen molar-refractivity contribution in [1.29, 1.82) is 0 Å². The minimum absolute atomic E-state index is 0.253. The number of ether oxygens (including phenoxy) is 1. The smallest absolute Gasteiger partial charge is 0.318 e. The second-order valence-corrected chi connectivity index (χ2v) is 5.45. The monoisotopic (exact) mass is 272 g/mol. The second kappa shape index (κ2) is 6.20. The lowest BCUT2D eigenvalue weighted by atomic mass is 9.91. The molecule has 0 aromatic carbocycles. The first-order valence-corrected chi connectivity index (χ1v) is 6.33. The van der Waals surface area contributed by atoms with Gasteiger partial charge in [-0.1, -0.05) is 25.4 Å². The van der Waals surface area contributed by atoms with Gasteiger partial charge in [-0.25, -0.2) is 4.98 Å². The summed E-state index contributed by atoms with van der Waals surface area (Å²) in [6.07, 6.45) is 2.44. The number of aromatic nitrogens is 2. The number of hydrogen-bond donors (Lipinski definition) is 2. The number of halogens is 1. The van der Waals surface area contributed by atoms with Crippen LogP contribution in [0.1, 0.15) is 27.2 Å². The Kier molecular flexibility index (Phi) is 5.16. The Morgan fingerprint density at radius 2 is 2.22 bits per heavy atom. The van der Waals surface area contributed by atoms with Gasteiger partial charge in [-0.2, -0.15) is 4.98 Å². The van der Waals surface area contributed by atoms with Gasteiger partial charge in [-0.3, -0.25) is 0 Å². The van der Waals surface area contributed by atoms with E-state index in [1.54, 1.807) is 0 Å². The van der Waals surface area contributed by atoms with Gasteiger partial charge in [-0.05, 0) is 19.3 Å². The molecule has 0 aliphatic carbocycles. The van der Waals surface area contributed by atoms with Gasteiger partial charge in [0.15, 0.2) is 5.82 Å². The normalized spacial score (nSPS) is 14.4. The summed E-state index contributed by atoms with van der Waals surface area (Å²) < 4.78 is 4.99. The molecule has 5 nitrogen and oxygen atoms in total. The van der Waals surface area contributed by atoms with Crippen molar-refractivity contribution >= 4 is 17.4 Å². The van der Waals surface area contributed by atoms with Crippen molar-refractivity contribution in [3.8, 4) is 6.01 Å². The van der Waals surface area contributed by atoms with E-state index in [-0.39, 0.29) is 11.5 Å². The van der Waals surface area contributed by atoms with Crippen molar-refractivity contribution < 1.29 is 4.74 Å². The average Bonchev–Trinajstić information content (AvgIpc) is 2.31. The van der Waals surface area contributed by atoms with Crippen LogP contribution in [0.4, 0.5) is 5.82 Å². The third-order valence-electron chi connectivity index (χ3n) is 2.63. The first kappa shape index (κ1) is 15.0. The van der Waals surface area contributed by atoms with Gasteiger partial charge in [0, 0.05) is 12.1 Å². The lowest BCUT2D eigenvalue weighted by Crippen LogP contribution is -2.44. The highest BCUT2D eigenvalue weighted by atomic mass is 35.5. The molecule has 6 heteroatoms. The summed E-state index contributed by atoms with van der Waals surface area (Å²) in [6.45, 7) is 6.85. The molecule has 3 N–H and O–H groups in total. The van der Waals surface area contributed by atoms with E-state index < -0.39 is 0 Å². The second-order valence-electron chi connectivity index (χ2n) is 5.04. The number of methoxy groups -OCH3 is 1. The van der Waals surface area contributed by atoms with Crippen LogP contribution in [0.5, 0.6) is 6.01 Å². The van der Waals surface area contributed by atoms with Gasteiger partial charge in [-0.15, -0.1) is 0 Å². The summed E-state index contributed by atoms with van der Waals surface area (Å²) in [5, 5.41) is 3.75. The van der Waals surface area contributed by atoms with Crippen molar-refractivity contribution in [2.45, 2.75) is 32.7 Å². The van der Waals surface area contributed by atoms with E-state index in [0.29, 0.717) is 23.3 Å². The molecule has 1 aromatic rings. The van der Waals surface area contributed by atoms with E-state index in [4.69, 9.17) is 22.1 Å². The van der Waals surface area contributed by atoms with Crippen LogP contribution in [0.3, 0.4) is 0 Å². The molecule has 0 saturated heterocycles. The molecule has 0 saturated carbocycles. The zero-order valence-corrected chi connectivity index (χ0v) is 12.1. The summed E-state index contributed by atoms with van der Waals surface area (Å²) in [5.74, 6) is 1.07. The molecule has 0 spiro atoms. The molecule has 1 aromatic heterocycles. The fourth-order valence-electron chi connectivity index (χ4n) is 1.91. The Morgan fingerprint density at radius 3 is 2.72 bits per heavy atom. The minimum Gasteiger partial charge on any atom is -0.467 e. The number of anilines is 1. The third kappa shape index (κ3) is 3.99. The molecule has 0 amide bonds. The van der Waals surface area contributed by atoms with Crippen molar-refractivity contribution in [2.75, 3.05) is 19.0 Å². The summed E-state index contributed by atoms with van der Waals surface area (Å²) in [6, 6.07) is 0.283. The summed E-state index contributed by atoms with van der Waals surface area (Å²) in [7, 11) is 1.52. The van der Waals surface area contributed by atoms with Crippen molar-refractivity contribution in [3.63, 3.8) is 0 Å². The highest BCUT2D eigenvalue weighted by Gasteiger charge is 2.25. The maximum Gasteiger partial charge on any atom is 0.318 e. The van der Waals surface area contributed by atoms with Gasteiger partial charge < -0.3 is 15.8 Å². The van der Waals surface area contributed by atoms with E-state index in [1.807, 2.05) is 0 Å². The summed E-state index contributed by atoms with van der Waals surface area (Å²) >= 11 is 6.07. The van der Waals surface area contributed by atoms with Gasteiger partial charge in [0.2, 0.25) is 0 Å². The average molecular weight is 273 g/mol. The van der Waals surface area contributed by atoms with Crippen LogP contribution in [0.15, 0.2) is 6.20 Å². The SMILES string of the molecule is COc1ncc(Cl)c(NC(C)(CN)CC(C)C)n1. The number of rotatable bonds is 6. The fourth-order valence-corrected chi connectivity index (χ4v) is 2.05. The molecular formula is C12H21ClN4O. The van der Waals surface area contributed by atoms with Gasteiger partial charge in [0.25, 0.3) is 0 Å². The zero-order chi connectivity index (χ0) is 13.8. The molecule has 18 heavy (non-hydrogen) atoms. The number of nitrogens with two attached hydrogens (primary N) is 1. The Morgan fingerprint density at radius 1 is 1.56 bits per heavy atom. The Balaban J connectivity index is 2.93. The first-order valence-electron chi connectivity index (χ1n) is 5.95. The maximum absolute atomic E-state index is 6.07. The van der Waals surface area contributed by atoms with Crippen LogP contribution in [0, 0.1) is 5.92 Å². The Bertz CT molecular complexity index is 400. The van der Waals surface area contributed by atoms with Crippen molar-refractivity contribution in [1.82, 2.24) is 9.97 Å². The van der Waals surface area contributed by atoms with Crippen LogP contribution >= 0.6 is 11.6 Å². The van der Waals surface area contributed by atoms with Gasteiger partial charge >= 0.3 is 6.01 Å². The molecule has 1 rings (SSSR count). The topological polar surface area (TPSA) is 73.1 Å². The standard InChI is InChI=1S/C12H21ClN4O/c1-8(2)5-12(3,7-14)17-10-9(13)6-15-11(16-10)18-4/h6,8H,5,7,14H2,1-4H3,(H,15,16,17). The lowest BCUT2D eigenvalue weighted by Gasteiger charge is -2.32. The van der Waals surface area contributed by atoms with Gasteiger partial charge in [0.05, 0.1) is 13.3 Å². The lowest BCUT2D eigenvalue weighted by molar-refractivity contribution is 0.377. The summed E-state index contributed by atoms with van der Waals surface area (Å²) in [5.41, 5.74) is 5.59. The highest BCUT2D eigenvalue weighted by Crippen LogP contribution is 2.26. The Hall–Kier alpha value is -1.07. The van der Waals surface area contributed by atoms with Crippen LogP contribution in [-0.4, -0.2) is 29.2 Å². The third-order valence-corrected chi connectivity index (χ3v) is 2.91. The van der Waals surface area contributed by atoms with Crippen LogP contribution in [0.25, 0.3) is 0 Å². The minimum atomic E-state index is -0.253. The molecular weight excluding hydrogens is 252 g/mol. The fraction of sp³-hybridized carbons (Fsp3) is 0.667. The summed E-state index contributed by atoms with van der Waals surface area (Å²) in [4.78, 5) is 8.14. The highest BCUT2D eigenvalue weighted by molar-refractivity contribution is 6.32. The van der Waals surface area contributed by atoms with Crippen LogP contribution in [0.2, 0.25) is 5.02 Å². The molecule has 102 valence electrons. The van der Waals surface area contributed by atoms with E-state index in [1.165, 1.54) is 13.3 Å². The van der Waals surface area contributed by atoms with E-state index in [0.717, 1.165) is 6.42 Å². The predicted molar refractivity (Wildman–Crippen MR) is 74.1 cm³/mol. The molecule has 0 bridgehead atoms. The van der Waals surface area contributed by atoms with Crippen molar-refractivity contribution in [2.24, 2.45) is 11.7 Å². The quantitative estimate of drug-likeness (QED) is 0.831. The number of nitrogens with one attached hydrogen (secondary N) is 1. The van der Waals surface area contributed by atoms with Crippen LogP contribution in [-0.2, 0) is 0 Å². The number of hydrogen-bond acceptors (Lipinski definition) is 5. The molecule has 0 aliphatic rings. The predicted octanol–water partition coefficient (Wildman–Crippen LogP) is 2.31. The van der Waals surface area contributed by atoms with Gasteiger partial charge in [0.1, 0.15) is 5.02 Å². The largest absolute Gasteiger partial charge is 0.467 e. The molecule has 1 unspecified atom stereocenters. The first-order chi connectivity index (χ1) is 8.40. The Labute approximate surface area is 113 Å². The molecule has 0 radical (unpaired) electrons. The van der Waals surface area contributed by atoms with Crippen LogP contribution < -0.4 is 15.8 Å². The van der Waals surface area contributed by atoms with E-state index in [2.05, 4.69) is 36.1 Å². The maximum atomic E-state index is 6.07. The molecule has 1 atom stereocenters.